The molecule has 8 heteroatoms. The Morgan fingerprint density at radius 3 is 2.44 bits per heavy atom. The Hall–Kier alpha value is -3.39. The number of aromatic nitrogens is 3. The molecule has 4 rings (SSSR count). The number of primary amides is 1. The number of phenols is 1. The quantitative estimate of drug-likeness (QED) is 0.418. The van der Waals surface area contributed by atoms with E-state index in [9.17, 15) is 9.90 Å². The summed E-state index contributed by atoms with van der Waals surface area (Å²) in [5.74, 6) is 0.563. The molecule has 1 aromatic carbocycles. The van der Waals surface area contributed by atoms with Gasteiger partial charge < -0.3 is 20.9 Å². The Bertz CT molecular complexity index is 1140. The highest BCUT2D eigenvalue weighted by molar-refractivity contribution is 5.98. The Morgan fingerprint density at radius 2 is 1.85 bits per heavy atom. The zero-order chi connectivity index (χ0) is 24.4. The van der Waals surface area contributed by atoms with Crippen LogP contribution < -0.4 is 11.1 Å². The van der Waals surface area contributed by atoms with Gasteiger partial charge in [0.05, 0.1) is 17.9 Å². The van der Waals surface area contributed by atoms with Crippen molar-refractivity contribution >= 4 is 11.7 Å². The van der Waals surface area contributed by atoms with E-state index in [1.807, 2.05) is 38.2 Å². The summed E-state index contributed by atoms with van der Waals surface area (Å²) in [6, 6.07) is 7.92. The normalized spacial score (nSPS) is 20.3. The molecule has 0 saturated carbocycles. The largest absolute Gasteiger partial charge is 0.507 e. The molecule has 3 aromatic rings. The van der Waals surface area contributed by atoms with Gasteiger partial charge >= 0.3 is 0 Å². The topological polar surface area (TPSA) is 126 Å². The van der Waals surface area contributed by atoms with Crippen molar-refractivity contribution in [3.63, 3.8) is 0 Å². The number of aromatic hydroxyl groups is 1. The number of anilines is 1. The van der Waals surface area contributed by atoms with E-state index < -0.39 is 5.91 Å². The summed E-state index contributed by atoms with van der Waals surface area (Å²) in [6.45, 7) is 8.38. The highest BCUT2D eigenvalue weighted by Gasteiger charge is 2.26. The average molecular weight is 464 g/mol. The summed E-state index contributed by atoms with van der Waals surface area (Å²) in [7, 11) is 0. The number of carbonyl (C=O) groups excluding carboxylic acids is 1. The van der Waals surface area contributed by atoms with Gasteiger partial charge in [0.1, 0.15) is 11.3 Å². The third kappa shape index (κ3) is 5.22. The maximum absolute atomic E-state index is 12.2. The fourth-order valence-corrected chi connectivity index (χ4v) is 4.87. The zero-order valence-electron chi connectivity index (χ0n) is 20.2. The van der Waals surface area contributed by atoms with E-state index in [4.69, 9.17) is 15.5 Å². The van der Waals surface area contributed by atoms with E-state index in [1.54, 1.807) is 0 Å². The van der Waals surface area contributed by atoms with E-state index in [-0.39, 0.29) is 12.2 Å². The maximum Gasteiger partial charge on any atom is 0.254 e. The first-order chi connectivity index (χ1) is 16.2. The molecule has 8 nitrogen and oxygen atoms in total. The van der Waals surface area contributed by atoms with Crippen molar-refractivity contribution in [2.75, 3.05) is 5.32 Å². The number of nitrogens with one attached hydrogen (secondary N) is 2. The number of hydrogen-bond donors (Lipinski definition) is 4. The SMILES string of the molecule is Cc1cc(CNc2n[nH]c(Cc3ccc(C4C[C@@H](C)O[C@@H](C)C4)nc3)c2C(N)=O)cc(C)c1O. The molecular formula is C26H33N5O3. The summed E-state index contributed by atoms with van der Waals surface area (Å²) < 4.78 is 5.84. The lowest BCUT2D eigenvalue weighted by Gasteiger charge is -2.31. The van der Waals surface area contributed by atoms with Gasteiger partial charge in [0, 0.05) is 30.8 Å². The number of rotatable bonds is 7. The molecule has 1 unspecified atom stereocenters. The minimum atomic E-state index is -0.543. The Labute approximate surface area is 199 Å². The molecule has 1 aliphatic heterocycles. The minimum Gasteiger partial charge on any atom is -0.507 e. The van der Waals surface area contributed by atoms with Crippen molar-refractivity contribution in [3.05, 3.63) is 69.7 Å². The third-order valence-electron chi connectivity index (χ3n) is 6.44. The van der Waals surface area contributed by atoms with Gasteiger partial charge in [0.2, 0.25) is 0 Å². The number of aryl methyl sites for hydroxylation is 2. The maximum atomic E-state index is 12.2. The molecule has 1 saturated heterocycles. The highest BCUT2D eigenvalue weighted by Crippen LogP contribution is 2.32. The number of nitrogens with zero attached hydrogens (tertiary/aromatic N) is 2. The lowest BCUT2D eigenvalue weighted by molar-refractivity contribution is -0.0385. The molecule has 34 heavy (non-hydrogen) atoms. The van der Waals surface area contributed by atoms with E-state index in [2.05, 4.69) is 35.4 Å². The van der Waals surface area contributed by atoms with Gasteiger partial charge in [0.15, 0.2) is 5.82 Å². The number of aromatic amines is 1. The van der Waals surface area contributed by atoms with E-state index in [0.29, 0.717) is 41.7 Å². The summed E-state index contributed by atoms with van der Waals surface area (Å²) >= 11 is 0. The summed E-state index contributed by atoms with van der Waals surface area (Å²) in [4.78, 5) is 16.9. The van der Waals surface area contributed by atoms with Crippen LogP contribution in [0.4, 0.5) is 5.82 Å². The molecule has 180 valence electrons. The molecule has 1 fully saturated rings. The molecular weight excluding hydrogens is 430 g/mol. The Balaban J connectivity index is 1.47. The smallest absolute Gasteiger partial charge is 0.254 e. The Kier molecular flexibility index (Phi) is 6.88. The molecule has 0 radical (unpaired) electrons. The molecule has 1 aliphatic rings. The monoisotopic (exact) mass is 463 g/mol. The number of pyridine rings is 1. The molecule has 5 N–H and O–H groups in total. The van der Waals surface area contributed by atoms with Gasteiger partial charge in [-0.2, -0.15) is 5.10 Å². The van der Waals surface area contributed by atoms with Crippen LogP contribution in [0.2, 0.25) is 0 Å². The van der Waals surface area contributed by atoms with Crippen molar-refractivity contribution < 1.29 is 14.6 Å². The van der Waals surface area contributed by atoms with E-state index in [1.165, 1.54) is 0 Å². The van der Waals surface area contributed by atoms with Gasteiger partial charge in [-0.15, -0.1) is 0 Å². The number of carbonyl (C=O) groups is 1. The first-order valence-electron chi connectivity index (χ1n) is 11.7. The van der Waals surface area contributed by atoms with Crippen LogP contribution in [0.5, 0.6) is 5.75 Å². The predicted octanol–water partition coefficient (Wildman–Crippen LogP) is 4.10. The molecule has 3 atom stereocenters. The lowest BCUT2D eigenvalue weighted by atomic mass is 9.89. The predicted molar refractivity (Wildman–Crippen MR) is 131 cm³/mol. The number of H-pyrrole nitrogens is 1. The second kappa shape index (κ2) is 9.85. The average Bonchev–Trinajstić information content (AvgIpc) is 3.18. The fraction of sp³-hybridized carbons (Fsp3) is 0.423. The summed E-state index contributed by atoms with van der Waals surface area (Å²) in [6.07, 6.45) is 4.74. The van der Waals surface area contributed by atoms with Crippen LogP contribution in [0, 0.1) is 13.8 Å². The van der Waals surface area contributed by atoms with Gasteiger partial charge in [-0.05, 0) is 68.9 Å². The Morgan fingerprint density at radius 1 is 1.18 bits per heavy atom. The van der Waals surface area contributed by atoms with Gasteiger partial charge in [-0.3, -0.25) is 14.9 Å². The number of hydrogen-bond acceptors (Lipinski definition) is 6. The zero-order valence-corrected chi connectivity index (χ0v) is 20.2. The number of benzene rings is 1. The highest BCUT2D eigenvalue weighted by atomic mass is 16.5. The van der Waals surface area contributed by atoms with Crippen LogP contribution in [0.25, 0.3) is 0 Å². The minimum absolute atomic E-state index is 0.235. The molecule has 0 spiro atoms. The van der Waals surface area contributed by atoms with Crippen molar-refractivity contribution in [2.24, 2.45) is 5.73 Å². The van der Waals surface area contributed by atoms with Crippen molar-refractivity contribution in [1.82, 2.24) is 15.2 Å². The number of amides is 1. The molecule has 3 heterocycles. The van der Waals surface area contributed by atoms with Crippen molar-refractivity contribution in [2.45, 2.75) is 71.6 Å². The molecule has 0 aliphatic carbocycles. The molecule has 2 aromatic heterocycles. The first-order valence-corrected chi connectivity index (χ1v) is 11.7. The van der Waals surface area contributed by atoms with Crippen LogP contribution in [0.15, 0.2) is 30.5 Å². The van der Waals surface area contributed by atoms with Crippen molar-refractivity contribution in [3.8, 4) is 5.75 Å². The van der Waals surface area contributed by atoms with Gasteiger partial charge in [0.25, 0.3) is 5.91 Å². The van der Waals surface area contributed by atoms with E-state index in [0.717, 1.165) is 40.8 Å². The standard InChI is InChI=1S/C26H33N5O3/c1-14-7-19(8-15(2)24(14)32)13-29-26-23(25(27)33)22(30-31-26)11-18-5-6-21(28-12-18)20-9-16(3)34-17(4)10-20/h5-8,12,16-17,20,32H,9-11,13H2,1-4H3,(H2,27,33)(H2,29,30,31)/t16-,17+,20?. The summed E-state index contributed by atoms with van der Waals surface area (Å²) in [5.41, 5.74) is 11.3. The third-order valence-corrected chi connectivity index (χ3v) is 6.44. The van der Waals surface area contributed by atoms with Crippen LogP contribution in [-0.4, -0.2) is 38.4 Å². The van der Waals surface area contributed by atoms with Crippen LogP contribution in [-0.2, 0) is 17.7 Å². The van der Waals surface area contributed by atoms with Crippen LogP contribution >= 0.6 is 0 Å². The van der Waals surface area contributed by atoms with Gasteiger partial charge in [-0.1, -0.05) is 18.2 Å². The lowest BCUT2D eigenvalue weighted by Crippen LogP contribution is -2.28. The molecule has 1 amide bonds. The van der Waals surface area contributed by atoms with Crippen molar-refractivity contribution in [1.29, 1.82) is 0 Å². The number of nitrogens with two attached hydrogens (primary N) is 1. The summed E-state index contributed by atoms with van der Waals surface area (Å²) in [5, 5.41) is 20.4. The fourth-order valence-electron chi connectivity index (χ4n) is 4.87. The van der Waals surface area contributed by atoms with E-state index >= 15 is 0 Å². The van der Waals surface area contributed by atoms with Crippen LogP contribution in [0.3, 0.4) is 0 Å². The second-order valence-electron chi connectivity index (χ2n) is 9.42. The molecule has 0 bridgehead atoms. The first kappa shape index (κ1) is 23.8. The number of phenolic OH excluding ortho intramolecular Hbond substituents is 1. The second-order valence-corrected chi connectivity index (χ2v) is 9.42. The van der Waals surface area contributed by atoms with Gasteiger partial charge in [-0.25, -0.2) is 0 Å². The number of ether oxygens (including phenoxy) is 1. The van der Waals surface area contributed by atoms with Crippen LogP contribution in [0.1, 0.15) is 76.6 Å².